The number of carbonyl (C=O) groups excluding carboxylic acids is 1. The number of hydrogen-bond acceptors (Lipinski definition) is 5. The van der Waals surface area contributed by atoms with Crippen LogP contribution >= 0.6 is 11.8 Å². The van der Waals surface area contributed by atoms with Crippen LogP contribution in [0.4, 0.5) is 5.69 Å². The average molecular weight is 305 g/mol. The van der Waals surface area contributed by atoms with Gasteiger partial charge in [0.2, 0.25) is 11.1 Å². The summed E-state index contributed by atoms with van der Waals surface area (Å²) in [5.41, 5.74) is 0.874. The highest BCUT2D eigenvalue weighted by molar-refractivity contribution is 8.00. The predicted molar refractivity (Wildman–Crippen MR) is 83.4 cm³/mol. The lowest BCUT2D eigenvalue weighted by atomic mass is 10.3. The molecular weight excluding hydrogens is 286 g/mol. The minimum Gasteiger partial charge on any atom is -0.315 e. The number of rotatable bonds is 5. The van der Waals surface area contributed by atoms with Crippen LogP contribution in [0.1, 0.15) is 26.8 Å². The highest BCUT2D eigenvalue weighted by atomic mass is 32.2. The van der Waals surface area contributed by atoms with E-state index in [1.54, 1.807) is 16.6 Å². The summed E-state index contributed by atoms with van der Waals surface area (Å²) in [6.45, 7) is 5.87. The van der Waals surface area contributed by atoms with E-state index in [1.165, 1.54) is 11.8 Å². The number of para-hydroxylation sites is 1. The second-order valence-corrected chi connectivity index (χ2v) is 6.30. The second-order valence-electron chi connectivity index (χ2n) is 4.99. The number of amides is 1. The summed E-state index contributed by atoms with van der Waals surface area (Å²) in [7, 11) is 1.78. The largest absolute Gasteiger partial charge is 0.315 e. The van der Waals surface area contributed by atoms with Crippen molar-refractivity contribution in [2.24, 2.45) is 0 Å². The van der Waals surface area contributed by atoms with E-state index in [2.05, 4.69) is 15.5 Å². The third-order valence-electron chi connectivity index (χ3n) is 3.06. The van der Waals surface area contributed by atoms with Crippen molar-refractivity contribution in [3.8, 4) is 0 Å². The molecule has 21 heavy (non-hydrogen) atoms. The monoisotopic (exact) mass is 305 g/mol. The summed E-state index contributed by atoms with van der Waals surface area (Å²) in [6.07, 6.45) is 0. The molecule has 1 aromatic carbocycles. The molecule has 0 aliphatic carbocycles. The van der Waals surface area contributed by atoms with Gasteiger partial charge in [0, 0.05) is 12.7 Å². The smallest absolute Gasteiger partial charge is 0.240 e. The van der Waals surface area contributed by atoms with Gasteiger partial charge in [0.1, 0.15) is 0 Å². The molecule has 1 heterocycles. The van der Waals surface area contributed by atoms with Crippen molar-refractivity contribution in [2.45, 2.75) is 37.2 Å². The van der Waals surface area contributed by atoms with Gasteiger partial charge in [-0.1, -0.05) is 30.0 Å². The average Bonchev–Trinajstić information content (AvgIpc) is 2.95. The maximum atomic E-state index is 12.5. The van der Waals surface area contributed by atoms with E-state index >= 15 is 0 Å². The molecule has 1 atom stereocenters. The number of tetrazole rings is 1. The Bertz CT molecular complexity index is 598. The number of hydrogen-bond donors (Lipinski definition) is 0. The molecule has 112 valence electrons. The van der Waals surface area contributed by atoms with Crippen molar-refractivity contribution in [1.82, 2.24) is 20.2 Å². The first-order valence-electron chi connectivity index (χ1n) is 6.78. The van der Waals surface area contributed by atoms with Crippen LogP contribution in [0.5, 0.6) is 0 Å². The van der Waals surface area contributed by atoms with Crippen LogP contribution in [0.15, 0.2) is 35.5 Å². The maximum Gasteiger partial charge on any atom is 0.240 e. The zero-order valence-electron chi connectivity index (χ0n) is 12.6. The molecule has 0 fully saturated rings. The number of anilines is 1. The van der Waals surface area contributed by atoms with E-state index < -0.39 is 0 Å². The molecule has 0 aliphatic rings. The van der Waals surface area contributed by atoms with Crippen molar-refractivity contribution in [2.75, 3.05) is 11.9 Å². The predicted octanol–water partition coefficient (Wildman–Crippen LogP) is 2.40. The summed E-state index contributed by atoms with van der Waals surface area (Å²) in [5, 5.41) is 12.0. The standard InChI is InChI=1S/C14H19N5OS/c1-10(2)19-14(15-16-17-19)21-11(3)13(20)18(4)12-8-6-5-7-9-12/h5-11H,1-4H3. The Kier molecular flexibility index (Phi) is 4.95. The molecule has 0 N–H and O–H groups in total. The van der Waals surface area contributed by atoms with Crippen molar-refractivity contribution in [1.29, 1.82) is 0 Å². The van der Waals surface area contributed by atoms with Crippen LogP contribution in [-0.4, -0.2) is 38.4 Å². The number of thioether (sulfide) groups is 1. The molecule has 0 radical (unpaired) electrons. The van der Waals surface area contributed by atoms with E-state index in [0.29, 0.717) is 5.16 Å². The summed E-state index contributed by atoms with van der Waals surface area (Å²) >= 11 is 1.37. The van der Waals surface area contributed by atoms with Crippen LogP contribution in [0.3, 0.4) is 0 Å². The highest BCUT2D eigenvalue weighted by Gasteiger charge is 2.23. The summed E-state index contributed by atoms with van der Waals surface area (Å²) < 4.78 is 1.72. The Hall–Kier alpha value is -1.89. The summed E-state index contributed by atoms with van der Waals surface area (Å²) in [4.78, 5) is 14.1. The molecule has 0 spiro atoms. The minimum atomic E-state index is -0.265. The molecule has 0 saturated heterocycles. The Morgan fingerprint density at radius 3 is 2.52 bits per heavy atom. The van der Waals surface area contributed by atoms with E-state index in [0.717, 1.165) is 5.69 Å². The van der Waals surface area contributed by atoms with Gasteiger partial charge in [-0.05, 0) is 43.3 Å². The van der Waals surface area contributed by atoms with Gasteiger partial charge in [0.15, 0.2) is 0 Å². The fourth-order valence-electron chi connectivity index (χ4n) is 1.85. The van der Waals surface area contributed by atoms with Crippen molar-refractivity contribution in [3.63, 3.8) is 0 Å². The van der Waals surface area contributed by atoms with Gasteiger partial charge in [-0.15, -0.1) is 5.10 Å². The minimum absolute atomic E-state index is 0.0181. The topological polar surface area (TPSA) is 63.9 Å². The van der Waals surface area contributed by atoms with Crippen LogP contribution in [0.25, 0.3) is 0 Å². The lowest BCUT2D eigenvalue weighted by molar-refractivity contribution is -0.117. The van der Waals surface area contributed by atoms with Gasteiger partial charge in [-0.2, -0.15) is 0 Å². The summed E-state index contributed by atoms with van der Waals surface area (Å²) in [5.74, 6) is 0.0181. The summed E-state index contributed by atoms with van der Waals surface area (Å²) in [6, 6.07) is 9.74. The highest BCUT2D eigenvalue weighted by Crippen LogP contribution is 2.25. The van der Waals surface area contributed by atoms with Crippen molar-refractivity contribution >= 4 is 23.4 Å². The normalized spacial score (nSPS) is 12.4. The van der Waals surface area contributed by atoms with E-state index in [-0.39, 0.29) is 17.2 Å². The molecule has 1 aromatic heterocycles. The molecule has 0 bridgehead atoms. The molecule has 7 heteroatoms. The number of nitrogens with zero attached hydrogens (tertiary/aromatic N) is 5. The molecule has 6 nitrogen and oxygen atoms in total. The lowest BCUT2D eigenvalue weighted by Crippen LogP contribution is -2.33. The van der Waals surface area contributed by atoms with E-state index in [1.807, 2.05) is 51.1 Å². The van der Waals surface area contributed by atoms with Crippen LogP contribution in [0, 0.1) is 0 Å². The Morgan fingerprint density at radius 2 is 1.90 bits per heavy atom. The Labute approximate surface area is 128 Å². The molecule has 1 unspecified atom stereocenters. The molecular formula is C14H19N5OS. The van der Waals surface area contributed by atoms with Gasteiger partial charge in [-0.25, -0.2) is 4.68 Å². The van der Waals surface area contributed by atoms with Crippen molar-refractivity contribution < 1.29 is 4.79 Å². The molecule has 0 saturated carbocycles. The van der Waals surface area contributed by atoms with Gasteiger partial charge >= 0.3 is 0 Å². The van der Waals surface area contributed by atoms with Gasteiger partial charge in [0.25, 0.3) is 0 Å². The Morgan fingerprint density at radius 1 is 1.24 bits per heavy atom. The zero-order chi connectivity index (χ0) is 15.4. The molecule has 1 amide bonds. The van der Waals surface area contributed by atoms with Crippen molar-refractivity contribution in [3.05, 3.63) is 30.3 Å². The van der Waals surface area contributed by atoms with E-state index in [9.17, 15) is 4.79 Å². The Balaban J connectivity index is 2.08. The molecule has 2 aromatic rings. The van der Waals surface area contributed by atoms with Crippen LogP contribution in [-0.2, 0) is 4.79 Å². The first-order chi connectivity index (χ1) is 10.0. The van der Waals surface area contributed by atoms with Gasteiger partial charge in [-0.3, -0.25) is 4.79 Å². The zero-order valence-corrected chi connectivity index (χ0v) is 13.4. The number of carbonyl (C=O) groups is 1. The van der Waals surface area contributed by atoms with Gasteiger partial charge in [0.05, 0.1) is 11.3 Å². The SMILES string of the molecule is CC(Sc1nnnn1C(C)C)C(=O)N(C)c1ccccc1. The van der Waals surface area contributed by atoms with E-state index in [4.69, 9.17) is 0 Å². The third-order valence-corrected chi connectivity index (χ3v) is 4.09. The first kappa shape index (κ1) is 15.5. The maximum absolute atomic E-state index is 12.5. The van der Waals surface area contributed by atoms with Crippen LogP contribution in [0.2, 0.25) is 0 Å². The number of benzene rings is 1. The quantitative estimate of drug-likeness (QED) is 0.794. The number of aromatic nitrogens is 4. The lowest BCUT2D eigenvalue weighted by Gasteiger charge is -2.21. The molecule has 0 aliphatic heterocycles. The van der Waals surface area contributed by atoms with Gasteiger partial charge < -0.3 is 4.90 Å². The fraction of sp³-hybridized carbons (Fsp3) is 0.429. The second kappa shape index (κ2) is 6.71. The third kappa shape index (κ3) is 3.60. The fourth-order valence-corrected chi connectivity index (χ4v) is 2.86. The van der Waals surface area contributed by atoms with Crippen LogP contribution < -0.4 is 4.90 Å². The molecule has 2 rings (SSSR count). The first-order valence-corrected chi connectivity index (χ1v) is 7.65.